The average Bonchev–Trinajstić information content (AvgIpc) is 3.11. The first-order valence-corrected chi connectivity index (χ1v) is 6.56. The van der Waals surface area contributed by atoms with Crippen LogP contribution in [-0.4, -0.2) is 30.1 Å². The van der Waals surface area contributed by atoms with E-state index in [4.69, 9.17) is 11.6 Å². The molecule has 0 spiro atoms. The van der Waals surface area contributed by atoms with Crippen molar-refractivity contribution < 1.29 is 0 Å². The van der Waals surface area contributed by atoms with Gasteiger partial charge in [-0.15, -0.1) is 0 Å². The van der Waals surface area contributed by atoms with Crippen LogP contribution in [0.25, 0.3) is 0 Å². The molecule has 94 valence electrons. The highest BCUT2D eigenvalue weighted by atomic mass is 35.5. The Kier molecular flexibility index (Phi) is 4.05. The quantitative estimate of drug-likeness (QED) is 0.848. The normalized spacial score (nSPS) is 14.8. The van der Waals surface area contributed by atoms with Gasteiger partial charge in [0.2, 0.25) is 5.95 Å². The maximum absolute atomic E-state index is 6.13. The summed E-state index contributed by atoms with van der Waals surface area (Å²) >= 11 is 6.13. The fourth-order valence-electron chi connectivity index (χ4n) is 1.72. The molecule has 1 N–H and O–H groups in total. The third kappa shape index (κ3) is 3.46. The van der Waals surface area contributed by atoms with E-state index in [1.165, 1.54) is 12.8 Å². The Morgan fingerprint density at radius 2 is 2.29 bits per heavy atom. The van der Waals surface area contributed by atoms with Crippen LogP contribution in [0.4, 0.5) is 11.8 Å². The molecular formula is C12H19ClN4. The summed E-state index contributed by atoms with van der Waals surface area (Å²) in [5.41, 5.74) is 0. The highest BCUT2D eigenvalue weighted by molar-refractivity contribution is 6.32. The number of nitrogens with zero attached hydrogens (tertiary/aromatic N) is 3. The van der Waals surface area contributed by atoms with Gasteiger partial charge >= 0.3 is 0 Å². The molecule has 2 rings (SSSR count). The second-order valence-corrected chi connectivity index (χ2v) is 5.02. The van der Waals surface area contributed by atoms with Crippen molar-refractivity contribution in [3.05, 3.63) is 11.2 Å². The van der Waals surface area contributed by atoms with Gasteiger partial charge in [-0.25, -0.2) is 4.98 Å². The van der Waals surface area contributed by atoms with Crippen molar-refractivity contribution >= 4 is 23.4 Å². The molecule has 1 aliphatic rings. The van der Waals surface area contributed by atoms with Crippen LogP contribution in [0.3, 0.4) is 0 Å². The van der Waals surface area contributed by atoms with E-state index in [0.717, 1.165) is 31.2 Å². The van der Waals surface area contributed by atoms with E-state index in [2.05, 4.69) is 27.1 Å². The molecule has 17 heavy (non-hydrogen) atoms. The van der Waals surface area contributed by atoms with Crippen molar-refractivity contribution in [2.45, 2.75) is 26.2 Å². The summed E-state index contributed by atoms with van der Waals surface area (Å²) < 4.78 is 0. The smallest absolute Gasteiger partial charge is 0.224 e. The fourth-order valence-corrected chi connectivity index (χ4v) is 1.96. The van der Waals surface area contributed by atoms with Crippen LogP contribution in [0.2, 0.25) is 5.02 Å². The summed E-state index contributed by atoms with van der Waals surface area (Å²) in [4.78, 5) is 10.8. The third-order valence-corrected chi connectivity index (χ3v) is 3.12. The van der Waals surface area contributed by atoms with Crippen LogP contribution in [0.5, 0.6) is 0 Å². The van der Waals surface area contributed by atoms with E-state index in [1.54, 1.807) is 6.20 Å². The van der Waals surface area contributed by atoms with Crippen LogP contribution in [0.1, 0.15) is 26.2 Å². The van der Waals surface area contributed by atoms with Crippen LogP contribution in [-0.2, 0) is 0 Å². The van der Waals surface area contributed by atoms with E-state index in [1.807, 2.05) is 7.05 Å². The van der Waals surface area contributed by atoms with Gasteiger partial charge in [0.1, 0.15) is 5.02 Å². The topological polar surface area (TPSA) is 41.1 Å². The molecule has 0 atom stereocenters. The number of nitrogens with one attached hydrogen (secondary N) is 1. The number of halogens is 1. The van der Waals surface area contributed by atoms with E-state index in [0.29, 0.717) is 11.0 Å². The summed E-state index contributed by atoms with van der Waals surface area (Å²) in [5, 5.41) is 3.80. The zero-order valence-electron chi connectivity index (χ0n) is 10.4. The molecule has 1 aliphatic carbocycles. The lowest BCUT2D eigenvalue weighted by molar-refractivity contribution is 0.775. The molecule has 0 saturated heterocycles. The zero-order valence-corrected chi connectivity index (χ0v) is 11.2. The second-order valence-electron chi connectivity index (χ2n) is 4.62. The molecule has 0 aromatic carbocycles. The molecule has 1 aromatic rings. The summed E-state index contributed by atoms with van der Waals surface area (Å²) in [6.07, 6.45) is 5.38. The number of hydrogen-bond donors (Lipinski definition) is 1. The third-order valence-electron chi connectivity index (χ3n) is 2.85. The van der Waals surface area contributed by atoms with Gasteiger partial charge in [0.05, 0.1) is 6.20 Å². The minimum absolute atomic E-state index is 0.621. The molecule has 0 aliphatic heterocycles. The minimum atomic E-state index is 0.621. The lowest BCUT2D eigenvalue weighted by atomic mass is 10.4. The molecule has 4 nitrogen and oxygen atoms in total. The van der Waals surface area contributed by atoms with Gasteiger partial charge in [0.15, 0.2) is 5.82 Å². The van der Waals surface area contributed by atoms with Gasteiger partial charge in [0.25, 0.3) is 0 Å². The predicted molar refractivity (Wildman–Crippen MR) is 71.8 cm³/mol. The largest absolute Gasteiger partial charge is 0.358 e. The lowest BCUT2D eigenvalue weighted by Gasteiger charge is -2.19. The first-order valence-electron chi connectivity index (χ1n) is 6.18. The molecule has 1 fully saturated rings. The van der Waals surface area contributed by atoms with Gasteiger partial charge in [-0.05, 0) is 25.2 Å². The zero-order chi connectivity index (χ0) is 12.3. The molecule has 0 radical (unpaired) electrons. The van der Waals surface area contributed by atoms with Gasteiger partial charge in [0, 0.05) is 20.1 Å². The standard InChI is InChI=1S/C12H19ClN4/c1-3-6-14-12-15-7-10(13)11(16-12)17(2)8-9-4-5-9/h7,9H,3-6,8H2,1-2H3,(H,14,15,16). The molecule has 1 heterocycles. The van der Waals surface area contributed by atoms with Crippen LogP contribution >= 0.6 is 11.6 Å². The highest BCUT2D eigenvalue weighted by Crippen LogP contribution is 2.32. The Morgan fingerprint density at radius 3 is 2.94 bits per heavy atom. The summed E-state index contributed by atoms with van der Waals surface area (Å²) in [7, 11) is 2.04. The van der Waals surface area contributed by atoms with Crippen molar-refractivity contribution in [2.24, 2.45) is 5.92 Å². The van der Waals surface area contributed by atoms with Crippen LogP contribution in [0, 0.1) is 5.92 Å². The first-order chi connectivity index (χ1) is 8.20. The molecule has 1 aromatic heterocycles. The Labute approximate surface area is 107 Å². The number of anilines is 2. The van der Waals surface area contributed by atoms with Crippen LogP contribution < -0.4 is 10.2 Å². The number of aromatic nitrogens is 2. The Hall–Kier alpha value is -1.03. The van der Waals surface area contributed by atoms with Crippen molar-refractivity contribution in [1.29, 1.82) is 0 Å². The Bertz CT molecular complexity index is 379. The van der Waals surface area contributed by atoms with Gasteiger partial charge in [-0.3, -0.25) is 0 Å². The Morgan fingerprint density at radius 1 is 1.53 bits per heavy atom. The molecule has 0 unspecified atom stereocenters. The van der Waals surface area contributed by atoms with Crippen molar-refractivity contribution in [1.82, 2.24) is 9.97 Å². The molecule has 0 amide bonds. The highest BCUT2D eigenvalue weighted by Gasteiger charge is 2.24. The van der Waals surface area contributed by atoms with Gasteiger partial charge < -0.3 is 10.2 Å². The second kappa shape index (κ2) is 5.54. The fraction of sp³-hybridized carbons (Fsp3) is 0.667. The summed E-state index contributed by atoms with van der Waals surface area (Å²) in [6, 6.07) is 0. The van der Waals surface area contributed by atoms with E-state index < -0.39 is 0 Å². The van der Waals surface area contributed by atoms with E-state index >= 15 is 0 Å². The van der Waals surface area contributed by atoms with E-state index in [9.17, 15) is 0 Å². The van der Waals surface area contributed by atoms with E-state index in [-0.39, 0.29) is 0 Å². The van der Waals surface area contributed by atoms with Gasteiger partial charge in [-0.1, -0.05) is 18.5 Å². The van der Waals surface area contributed by atoms with Crippen molar-refractivity contribution in [3.63, 3.8) is 0 Å². The maximum Gasteiger partial charge on any atom is 0.224 e. The summed E-state index contributed by atoms with van der Waals surface area (Å²) in [6.45, 7) is 4.03. The predicted octanol–water partition coefficient (Wildman–Crippen LogP) is 2.80. The van der Waals surface area contributed by atoms with Crippen molar-refractivity contribution in [3.8, 4) is 0 Å². The van der Waals surface area contributed by atoms with Gasteiger partial charge in [-0.2, -0.15) is 4.98 Å². The van der Waals surface area contributed by atoms with Crippen molar-refractivity contribution in [2.75, 3.05) is 30.4 Å². The maximum atomic E-state index is 6.13. The first kappa shape index (κ1) is 12.4. The minimum Gasteiger partial charge on any atom is -0.358 e. The Balaban J connectivity index is 2.07. The number of hydrogen-bond acceptors (Lipinski definition) is 4. The summed E-state index contributed by atoms with van der Waals surface area (Å²) in [5.74, 6) is 2.30. The SMILES string of the molecule is CCCNc1ncc(Cl)c(N(C)CC2CC2)n1. The molecule has 0 bridgehead atoms. The van der Waals surface area contributed by atoms with Crippen LogP contribution in [0.15, 0.2) is 6.20 Å². The average molecular weight is 255 g/mol. The molecule has 5 heteroatoms. The monoisotopic (exact) mass is 254 g/mol. The number of rotatable bonds is 6. The lowest BCUT2D eigenvalue weighted by Crippen LogP contribution is -2.22. The molecule has 1 saturated carbocycles. The molecular weight excluding hydrogens is 236 g/mol.